The normalized spacial score (nSPS) is 12.6. The van der Waals surface area contributed by atoms with Gasteiger partial charge in [-0.2, -0.15) is 0 Å². The molecule has 102 valence electrons. The van der Waals surface area contributed by atoms with Gasteiger partial charge >= 0.3 is 0 Å². The molecule has 19 heavy (non-hydrogen) atoms. The van der Waals surface area contributed by atoms with E-state index in [0.717, 1.165) is 24.4 Å². The van der Waals surface area contributed by atoms with Crippen LogP contribution in [0.5, 0.6) is 0 Å². The van der Waals surface area contributed by atoms with Crippen LogP contribution >= 0.6 is 0 Å². The zero-order valence-electron chi connectivity index (χ0n) is 11.5. The zero-order valence-corrected chi connectivity index (χ0v) is 11.5. The van der Waals surface area contributed by atoms with Crippen LogP contribution in [0, 0.1) is 12.7 Å². The fourth-order valence-electron chi connectivity index (χ4n) is 1.93. The van der Waals surface area contributed by atoms with Gasteiger partial charge in [-0.15, -0.1) is 10.2 Å². The summed E-state index contributed by atoms with van der Waals surface area (Å²) in [6.07, 6.45) is 2.49. The van der Waals surface area contributed by atoms with Gasteiger partial charge in [0.1, 0.15) is 18.0 Å². The quantitative estimate of drug-likeness (QED) is 0.898. The first kappa shape index (κ1) is 13.7. The number of aryl methyl sites for hydroxylation is 2. The minimum atomic E-state index is -0.153. The highest BCUT2D eigenvalue weighted by Crippen LogP contribution is 2.16. The number of halogens is 1. The SMILES string of the molecule is Cc1ccc(C(C)NCCc2nncn2C)cc1F. The highest BCUT2D eigenvalue weighted by atomic mass is 19.1. The Bertz CT molecular complexity index is 550. The molecule has 0 spiro atoms. The lowest BCUT2D eigenvalue weighted by molar-refractivity contribution is 0.556. The van der Waals surface area contributed by atoms with E-state index in [1.807, 2.05) is 30.7 Å². The van der Waals surface area contributed by atoms with Crippen LogP contribution in [0.2, 0.25) is 0 Å². The molecule has 1 aromatic heterocycles. The Labute approximate surface area is 112 Å². The average molecular weight is 262 g/mol. The second kappa shape index (κ2) is 5.93. The fourth-order valence-corrected chi connectivity index (χ4v) is 1.93. The topological polar surface area (TPSA) is 42.7 Å². The molecule has 0 aliphatic heterocycles. The summed E-state index contributed by atoms with van der Waals surface area (Å²) in [4.78, 5) is 0. The molecule has 0 aliphatic carbocycles. The highest BCUT2D eigenvalue weighted by Gasteiger charge is 2.08. The molecule has 2 rings (SSSR count). The molecule has 1 aromatic carbocycles. The molecule has 0 bridgehead atoms. The summed E-state index contributed by atoms with van der Waals surface area (Å²) in [5.74, 6) is 0.786. The second-order valence-corrected chi connectivity index (χ2v) is 4.79. The van der Waals surface area contributed by atoms with E-state index >= 15 is 0 Å². The third kappa shape index (κ3) is 3.38. The number of nitrogens with zero attached hydrogens (tertiary/aromatic N) is 3. The Morgan fingerprint density at radius 2 is 2.21 bits per heavy atom. The smallest absolute Gasteiger partial charge is 0.133 e. The summed E-state index contributed by atoms with van der Waals surface area (Å²) in [7, 11) is 1.92. The van der Waals surface area contributed by atoms with Gasteiger partial charge in [0.15, 0.2) is 0 Å². The van der Waals surface area contributed by atoms with Crippen LogP contribution in [0.15, 0.2) is 24.5 Å². The summed E-state index contributed by atoms with van der Waals surface area (Å²) in [6.45, 7) is 4.58. The van der Waals surface area contributed by atoms with E-state index in [1.165, 1.54) is 0 Å². The van der Waals surface area contributed by atoms with E-state index in [9.17, 15) is 4.39 Å². The summed E-state index contributed by atoms with van der Waals surface area (Å²) in [5.41, 5.74) is 1.64. The first-order valence-electron chi connectivity index (χ1n) is 6.40. The van der Waals surface area contributed by atoms with Gasteiger partial charge in [0, 0.05) is 26.1 Å². The molecule has 0 amide bonds. The molecule has 4 nitrogen and oxygen atoms in total. The first-order chi connectivity index (χ1) is 9.08. The van der Waals surface area contributed by atoms with Crippen molar-refractivity contribution in [2.45, 2.75) is 26.3 Å². The Morgan fingerprint density at radius 3 is 2.84 bits per heavy atom. The molecule has 0 fully saturated rings. The second-order valence-electron chi connectivity index (χ2n) is 4.79. The Kier molecular flexibility index (Phi) is 4.27. The summed E-state index contributed by atoms with van der Waals surface area (Å²) < 4.78 is 15.4. The Hall–Kier alpha value is -1.75. The van der Waals surface area contributed by atoms with Crippen LogP contribution in [0.25, 0.3) is 0 Å². The number of hydrogen-bond donors (Lipinski definition) is 1. The summed E-state index contributed by atoms with van der Waals surface area (Å²) in [5, 5.41) is 11.2. The predicted octanol–water partition coefficient (Wildman–Crippen LogP) is 2.16. The number of nitrogens with one attached hydrogen (secondary N) is 1. The average Bonchev–Trinajstić information content (AvgIpc) is 2.78. The molecule has 1 unspecified atom stereocenters. The lowest BCUT2D eigenvalue weighted by Crippen LogP contribution is -2.22. The predicted molar refractivity (Wildman–Crippen MR) is 72.3 cm³/mol. The molecular weight excluding hydrogens is 243 g/mol. The lowest BCUT2D eigenvalue weighted by Gasteiger charge is -2.14. The van der Waals surface area contributed by atoms with E-state index in [0.29, 0.717) is 5.56 Å². The van der Waals surface area contributed by atoms with Gasteiger partial charge in [-0.3, -0.25) is 0 Å². The van der Waals surface area contributed by atoms with E-state index in [2.05, 4.69) is 15.5 Å². The monoisotopic (exact) mass is 262 g/mol. The molecule has 0 saturated carbocycles. The molecule has 0 aliphatic rings. The van der Waals surface area contributed by atoms with Crippen LogP contribution in [0.3, 0.4) is 0 Å². The molecule has 0 saturated heterocycles. The van der Waals surface area contributed by atoms with Crippen molar-refractivity contribution in [1.82, 2.24) is 20.1 Å². The van der Waals surface area contributed by atoms with Gasteiger partial charge < -0.3 is 9.88 Å². The van der Waals surface area contributed by atoms with Crippen LogP contribution in [0.1, 0.15) is 29.9 Å². The third-order valence-corrected chi connectivity index (χ3v) is 3.30. The van der Waals surface area contributed by atoms with Crippen molar-refractivity contribution in [2.75, 3.05) is 6.54 Å². The molecule has 2 aromatic rings. The molecule has 0 radical (unpaired) electrons. The van der Waals surface area contributed by atoms with Crippen molar-refractivity contribution < 1.29 is 4.39 Å². The Balaban J connectivity index is 1.89. The molecule has 1 atom stereocenters. The summed E-state index contributed by atoms with van der Waals surface area (Å²) in [6, 6.07) is 5.47. The first-order valence-corrected chi connectivity index (χ1v) is 6.40. The van der Waals surface area contributed by atoms with Crippen LogP contribution in [-0.2, 0) is 13.5 Å². The minimum Gasteiger partial charge on any atom is -0.321 e. The van der Waals surface area contributed by atoms with Crippen molar-refractivity contribution in [3.8, 4) is 0 Å². The number of benzene rings is 1. The van der Waals surface area contributed by atoms with Crippen molar-refractivity contribution in [3.05, 3.63) is 47.3 Å². The largest absolute Gasteiger partial charge is 0.321 e. The minimum absolute atomic E-state index is 0.114. The maximum absolute atomic E-state index is 13.5. The van der Waals surface area contributed by atoms with Crippen molar-refractivity contribution in [2.24, 2.45) is 7.05 Å². The van der Waals surface area contributed by atoms with Gasteiger partial charge in [0.05, 0.1) is 0 Å². The molecule has 1 heterocycles. The molecule has 5 heteroatoms. The van der Waals surface area contributed by atoms with Gasteiger partial charge in [-0.1, -0.05) is 12.1 Å². The highest BCUT2D eigenvalue weighted by molar-refractivity contribution is 5.25. The number of hydrogen-bond acceptors (Lipinski definition) is 3. The lowest BCUT2D eigenvalue weighted by atomic mass is 10.1. The van der Waals surface area contributed by atoms with Gasteiger partial charge in [-0.25, -0.2) is 4.39 Å². The maximum atomic E-state index is 13.5. The van der Waals surface area contributed by atoms with Crippen molar-refractivity contribution in [3.63, 3.8) is 0 Å². The molecular formula is C14H19FN4. The van der Waals surface area contributed by atoms with Crippen LogP contribution in [0.4, 0.5) is 4.39 Å². The van der Waals surface area contributed by atoms with E-state index in [1.54, 1.807) is 19.3 Å². The van der Waals surface area contributed by atoms with Gasteiger partial charge in [-0.05, 0) is 31.0 Å². The summed E-state index contributed by atoms with van der Waals surface area (Å²) >= 11 is 0. The van der Waals surface area contributed by atoms with Crippen molar-refractivity contribution in [1.29, 1.82) is 0 Å². The number of aromatic nitrogens is 3. The van der Waals surface area contributed by atoms with E-state index in [4.69, 9.17) is 0 Å². The maximum Gasteiger partial charge on any atom is 0.133 e. The van der Waals surface area contributed by atoms with Gasteiger partial charge in [0.2, 0.25) is 0 Å². The van der Waals surface area contributed by atoms with Gasteiger partial charge in [0.25, 0.3) is 0 Å². The van der Waals surface area contributed by atoms with E-state index in [-0.39, 0.29) is 11.9 Å². The zero-order chi connectivity index (χ0) is 13.8. The third-order valence-electron chi connectivity index (χ3n) is 3.30. The number of rotatable bonds is 5. The van der Waals surface area contributed by atoms with Crippen LogP contribution < -0.4 is 5.32 Å². The standard InChI is InChI=1S/C14H19FN4/c1-10-4-5-12(8-13(10)15)11(2)16-7-6-14-18-17-9-19(14)3/h4-5,8-9,11,16H,6-7H2,1-3H3. The fraction of sp³-hybridized carbons (Fsp3) is 0.429. The van der Waals surface area contributed by atoms with Crippen LogP contribution in [-0.4, -0.2) is 21.3 Å². The Morgan fingerprint density at radius 1 is 1.42 bits per heavy atom. The van der Waals surface area contributed by atoms with E-state index < -0.39 is 0 Å². The van der Waals surface area contributed by atoms with Crippen molar-refractivity contribution >= 4 is 0 Å². The molecule has 1 N–H and O–H groups in total.